The standard InChI is InChI=1S/C16H20N2O4S/c1-17-10-16(8-9-18(11-16)15(19)12-6-7-12)22-13-4-2-3-5-14(13)23(17,20)21/h2-5,12H,6-11H2,1H3/t16-/m0/s1. The second-order valence-electron chi connectivity index (χ2n) is 6.78. The van der Waals surface area contributed by atoms with Crippen LogP contribution in [0.1, 0.15) is 19.3 Å². The molecule has 0 aromatic heterocycles. The van der Waals surface area contributed by atoms with Gasteiger partial charge in [0.25, 0.3) is 0 Å². The highest BCUT2D eigenvalue weighted by atomic mass is 32.2. The van der Waals surface area contributed by atoms with Gasteiger partial charge in [-0.3, -0.25) is 4.79 Å². The molecule has 1 aromatic carbocycles. The van der Waals surface area contributed by atoms with Crippen LogP contribution in [0.4, 0.5) is 0 Å². The van der Waals surface area contributed by atoms with Crippen LogP contribution < -0.4 is 4.74 Å². The van der Waals surface area contributed by atoms with E-state index in [4.69, 9.17) is 4.74 Å². The van der Waals surface area contributed by atoms with E-state index in [0.717, 1.165) is 12.8 Å². The number of fused-ring (bicyclic) bond motifs is 1. The Labute approximate surface area is 136 Å². The highest BCUT2D eigenvalue weighted by molar-refractivity contribution is 7.89. The summed E-state index contributed by atoms with van der Waals surface area (Å²) >= 11 is 0. The number of carbonyl (C=O) groups excluding carboxylic acids is 1. The molecule has 2 aliphatic heterocycles. The lowest BCUT2D eigenvalue weighted by Gasteiger charge is -2.30. The normalized spacial score (nSPS) is 29.9. The molecule has 6 nitrogen and oxygen atoms in total. The van der Waals surface area contributed by atoms with Gasteiger partial charge in [0.05, 0.1) is 13.1 Å². The van der Waals surface area contributed by atoms with E-state index in [1.54, 1.807) is 31.3 Å². The lowest BCUT2D eigenvalue weighted by atomic mass is 10.0. The van der Waals surface area contributed by atoms with E-state index < -0.39 is 15.6 Å². The minimum atomic E-state index is -3.56. The number of nitrogens with zero attached hydrogens (tertiary/aromatic N) is 2. The molecular formula is C16H20N2O4S. The zero-order valence-corrected chi connectivity index (χ0v) is 13.9. The summed E-state index contributed by atoms with van der Waals surface area (Å²) in [6.45, 7) is 1.35. The van der Waals surface area contributed by atoms with Crippen molar-refractivity contribution in [2.24, 2.45) is 5.92 Å². The fraction of sp³-hybridized carbons (Fsp3) is 0.562. The van der Waals surface area contributed by atoms with Gasteiger partial charge in [0.2, 0.25) is 15.9 Å². The third-order valence-electron chi connectivity index (χ3n) is 4.93. The fourth-order valence-corrected chi connectivity index (χ4v) is 4.86. The van der Waals surface area contributed by atoms with Crippen molar-refractivity contribution in [2.45, 2.75) is 29.8 Å². The summed E-state index contributed by atoms with van der Waals surface area (Å²) in [5.41, 5.74) is -0.654. The molecule has 0 radical (unpaired) electrons. The van der Waals surface area contributed by atoms with Crippen LogP contribution in [0.2, 0.25) is 0 Å². The second kappa shape index (κ2) is 4.95. The van der Waals surface area contributed by atoms with E-state index in [2.05, 4.69) is 0 Å². The van der Waals surface area contributed by atoms with Gasteiger partial charge in [0, 0.05) is 25.9 Å². The quantitative estimate of drug-likeness (QED) is 0.770. The van der Waals surface area contributed by atoms with Crippen molar-refractivity contribution in [2.75, 3.05) is 26.7 Å². The Balaban J connectivity index is 1.68. The summed E-state index contributed by atoms with van der Waals surface area (Å²) in [6, 6.07) is 6.74. The molecule has 4 rings (SSSR count). The van der Waals surface area contributed by atoms with Crippen molar-refractivity contribution in [1.29, 1.82) is 0 Å². The third-order valence-corrected chi connectivity index (χ3v) is 6.77. The van der Waals surface area contributed by atoms with Crippen LogP contribution in [0.15, 0.2) is 29.2 Å². The molecule has 124 valence electrons. The Hall–Kier alpha value is -1.60. The summed E-state index contributed by atoms with van der Waals surface area (Å²) in [6.07, 6.45) is 2.60. The van der Waals surface area contributed by atoms with Gasteiger partial charge in [0.15, 0.2) is 0 Å². The first-order valence-corrected chi connectivity index (χ1v) is 9.39. The SMILES string of the molecule is CN1C[C@]2(CCN(C(=O)C3CC3)C2)Oc2ccccc2S1(=O)=O. The molecule has 2 heterocycles. The second-order valence-corrected chi connectivity index (χ2v) is 8.79. The zero-order chi connectivity index (χ0) is 16.2. The van der Waals surface area contributed by atoms with Gasteiger partial charge in [-0.25, -0.2) is 8.42 Å². The van der Waals surface area contributed by atoms with Gasteiger partial charge in [-0.05, 0) is 25.0 Å². The van der Waals surface area contributed by atoms with Crippen molar-refractivity contribution < 1.29 is 17.9 Å². The van der Waals surface area contributed by atoms with Gasteiger partial charge >= 0.3 is 0 Å². The van der Waals surface area contributed by atoms with Gasteiger partial charge < -0.3 is 9.64 Å². The topological polar surface area (TPSA) is 66.9 Å². The van der Waals surface area contributed by atoms with E-state index in [9.17, 15) is 13.2 Å². The van der Waals surface area contributed by atoms with Gasteiger partial charge in [-0.2, -0.15) is 4.31 Å². The first kappa shape index (κ1) is 15.0. The van der Waals surface area contributed by atoms with Crippen molar-refractivity contribution >= 4 is 15.9 Å². The monoisotopic (exact) mass is 336 g/mol. The molecule has 1 saturated heterocycles. The fourth-order valence-electron chi connectivity index (χ4n) is 3.51. The van der Waals surface area contributed by atoms with Crippen LogP contribution in [-0.4, -0.2) is 55.8 Å². The number of hydrogen-bond acceptors (Lipinski definition) is 4. The van der Waals surface area contributed by atoms with Crippen LogP contribution in [0, 0.1) is 5.92 Å². The van der Waals surface area contributed by atoms with Crippen LogP contribution in [0.25, 0.3) is 0 Å². The summed E-state index contributed by atoms with van der Waals surface area (Å²) in [5.74, 6) is 0.746. The molecule has 2 fully saturated rings. The Kier molecular flexibility index (Phi) is 3.22. The average molecular weight is 336 g/mol. The molecule has 0 N–H and O–H groups in total. The molecule has 1 atom stereocenters. The number of ether oxygens (including phenoxy) is 1. The van der Waals surface area contributed by atoms with Gasteiger partial charge in [-0.1, -0.05) is 12.1 Å². The number of rotatable bonds is 1. The summed E-state index contributed by atoms with van der Waals surface area (Å²) in [7, 11) is -1.98. The van der Waals surface area contributed by atoms with E-state index in [-0.39, 0.29) is 23.3 Å². The number of para-hydroxylation sites is 1. The number of amides is 1. The Bertz CT molecular complexity index is 759. The minimum Gasteiger partial charge on any atom is -0.483 e. The van der Waals surface area contributed by atoms with Crippen molar-refractivity contribution in [3.05, 3.63) is 24.3 Å². The molecule has 0 bridgehead atoms. The van der Waals surface area contributed by atoms with E-state index in [1.165, 1.54) is 4.31 Å². The maximum absolute atomic E-state index is 12.7. The minimum absolute atomic E-state index is 0.171. The number of likely N-dealkylation sites (tertiary alicyclic amines) is 1. The average Bonchev–Trinajstić information content (AvgIpc) is 3.29. The number of carbonyl (C=O) groups is 1. The van der Waals surface area contributed by atoms with E-state index in [0.29, 0.717) is 25.3 Å². The maximum atomic E-state index is 12.7. The molecule has 0 unspecified atom stereocenters. The van der Waals surface area contributed by atoms with Crippen LogP contribution in [-0.2, 0) is 14.8 Å². The highest BCUT2D eigenvalue weighted by Crippen LogP contribution is 2.39. The first-order chi connectivity index (χ1) is 10.9. The first-order valence-electron chi connectivity index (χ1n) is 7.95. The molecule has 1 aliphatic carbocycles. The summed E-state index contributed by atoms with van der Waals surface area (Å²) < 4.78 is 32.9. The zero-order valence-electron chi connectivity index (χ0n) is 13.1. The molecule has 1 amide bonds. The largest absolute Gasteiger partial charge is 0.483 e. The van der Waals surface area contributed by atoms with Crippen molar-refractivity contribution in [3.63, 3.8) is 0 Å². The Morgan fingerprint density at radius 3 is 2.74 bits per heavy atom. The molecule has 1 aromatic rings. The number of hydrogen-bond donors (Lipinski definition) is 0. The molecule has 23 heavy (non-hydrogen) atoms. The Morgan fingerprint density at radius 2 is 2.00 bits per heavy atom. The predicted octanol–water partition coefficient (Wildman–Crippen LogP) is 1.08. The number of likely N-dealkylation sites (N-methyl/N-ethyl adjacent to an activating group) is 1. The highest BCUT2D eigenvalue weighted by Gasteiger charge is 2.49. The molecule has 3 aliphatic rings. The molecule has 7 heteroatoms. The Morgan fingerprint density at radius 1 is 1.26 bits per heavy atom. The summed E-state index contributed by atoms with van der Waals surface area (Å²) in [4.78, 5) is 14.4. The maximum Gasteiger partial charge on any atom is 0.246 e. The molecule has 1 saturated carbocycles. The third kappa shape index (κ3) is 2.42. The number of sulfonamides is 1. The molecule has 1 spiro atoms. The van der Waals surface area contributed by atoms with Crippen LogP contribution in [0.3, 0.4) is 0 Å². The van der Waals surface area contributed by atoms with Gasteiger partial charge in [0.1, 0.15) is 16.2 Å². The van der Waals surface area contributed by atoms with Crippen LogP contribution in [0.5, 0.6) is 5.75 Å². The number of benzene rings is 1. The smallest absolute Gasteiger partial charge is 0.246 e. The van der Waals surface area contributed by atoms with Crippen molar-refractivity contribution in [3.8, 4) is 5.75 Å². The summed E-state index contributed by atoms with van der Waals surface area (Å²) in [5, 5.41) is 0. The van der Waals surface area contributed by atoms with Crippen molar-refractivity contribution in [1.82, 2.24) is 9.21 Å². The lowest BCUT2D eigenvalue weighted by molar-refractivity contribution is -0.132. The predicted molar refractivity (Wildman–Crippen MR) is 83.5 cm³/mol. The van der Waals surface area contributed by atoms with Gasteiger partial charge in [-0.15, -0.1) is 0 Å². The van der Waals surface area contributed by atoms with E-state index >= 15 is 0 Å². The van der Waals surface area contributed by atoms with E-state index in [1.807, 2.05) is 4.90 Å². The molecular weight excluding hydrogens is 316 g/mol. The lowest BCUT2D eigenvalue weighted by Crippen LogP contribution is -2.48. The van der Waals surface area contributed by atoms with Crippen LogP contribution >= 0.6 is 0 Å².